The average Bonchev–Trinajstić information content (AvgIpc) is 2.96. The summed E-state index contributed by atoms with van der Waals surface area (Å²) in [6.45, 7) is 5.84. The molecule has 0 aliphatic rings. The molecule has 0 radical (unpaired) electrons. The van der Waals surface area contributed by atoms with Gasteiger partial charge in [-0.2, -0.15) is 4.98 Å². The second-order valence-corrected chi connectivity index (χ2v) is 6.04. The zero-order valence-corrected chi connectivity index (χ0v) is 18.0. The average molecular weight is 498 g/mol. The minimum atomic E-state index is 0. The molecule has 0 atom stereocenters. The molecular weight excluding hydrogens is 476 g/mol. The molecule has 1 aromatic heterocycles. The lowest BCUT2D eigenvalue weighted by molar-refractivity contribution is 0.372. The van der Waals surface area contributed by atoms with Gasteiger partial charge < -0.3 is 15.2 Å². The molecule has 0 amide bonds. The summed E-state index contributed by atoms with van der Waals surface area (Å²) < 4.78 is 5.09. The number of hydrogen-bond donors (Lipinski definition) is 2. The summed E-state index contributed by atoms with van der Waals surface area (Å²) >= 11 is 12.1. The summed E-state index contributed by atoms with van der Waals surface area (Å²) in [5.41, 5.74) is 0.930. The summed E-state index contributed by atoms with van der Waals surface area (Å²) in [6, 6.07) is 5.42. The van der Waals surface area contributed by atoms with Crippen LogP contribution >= 0.6 is 47.2 Å². The van der Waals surface area contributed by atoms with E-state index in [1.54, 1.807) is 6.07 Å². The van der Waals surface area contributed by atoms with Crippen LogP contribution in [0.25, 0.3) is 0 Å². The minimum absolute atomic E-state index is 0. The molecule has 6 nitrogen and oxygen atoms in total. The molecule has 0 spiro atoms. The molecule has 1 heterocycles. The van der Waals surface area contributed by atoms with E-state index in [0.29, 0.717) is 28.3 Å². The number of nitrogens with one attached hydrogen (secondary N) is 2. The highest BCUT2D eigenvalue weighted by molar-refractivity contribution is 14.0. The van der Waals surface area contributed by atoms with E-state index in [0.717, 1.165) is 37.5 Å². The predicted octanol–water partition coefficient (Wildman–Crippen LogP) is 3.99. The van der Waals surface area contributed by atoms with Crippen molar-refractivity contribution in [3.05, 3.63) is 45.5 Å². The highest BCUT2D eigenvalue weighted by Gasteiger charge is 2.04. The first kappa shape index (κ1) is 22.0. The Morgan fingerprint density at radius 1 is 1.28 bits per heavy atom. The van der Waals surface area contributed by atoms with Crippen molar-refractivity contribution >= 4 is 53.1 Å². The van der Waals surface area contributed by atoms with Crippen molar-refractivity contribution < 1.29 is 4.52 Å². The fraction of sp³-hybridized carbons (Fsp3) is 0.438. The highest BCUT2D eigenvalue weighted by atomic mass is 127. The van der Waals surface area contributed by atoms with Gasteiger partial charge in [0.05, 0.1) is 6.54 Å². The van der Waals surface area contributed by atoms with Crippen LogP contribution in [0.2, 0.25) is 10.0 Å². The third kappa shape index (κ3) is 7.79. The first-order chi connectivity index (χ1) is 11.6. The number of halogens is 3. The number of rotatable bonds is 7. The summed E-state index contributed by atoms with van der Waals surface area (Å²) in [5.74, 6) is 2.06. The van der Waals surface area contributed by atoms with E-state index in [1.165, 1.54) is 0 Å². The second kappa shape index (κ2) is 11.5. The van der Waals surface area contributed by atoms with Gasteiger partial charge in [0.25, 0.3) is 0 Å². The van der Waals surface area contributed by atoms with Crippen molar-refractivity contribution in [2.24, 2.45) is 4.99 Å². The summed E-state index contributed by atoms with van der Waals surface area (Å²) in [5, 5.41) is 11.5. The Morgan fingerprint density at radius 3 is 2.72 bits per heavy atom. The molecule has 0 saturated heterocycles. The van der Waals surface area contributed by atoms with Crippen molar-refractivity contribution in [1.29, 1.82) is 0 Å². The van der Waals surface area contributed by atoms with Gasteiger partial charge >= 0.3 is 0 Å². The van der Waals surface area contributed by atoms with Gasteiger partial charge in [-0.25, -0.2) is 4.99 Å². The Hall–Kier alpha value is -1.06. The fourth-order valence-corrected chi connectivity index (χ4v) is 2.51. The summed E-state index contributed by atoms with van der Waals surface area (Å²) in [4.78, 5) is 8.72. The van der Waals surface area contributed by atoms with E-state index in [4.69, 9.17) is 27.7 Å². The molecule has 138 valence electrons. The van der Waals surface area contributed by atoms with Gasteiger partial charge in [0, 0.05) is 29.6 Å². The van der Waals surface area contributed by atoms with Crippen LogP contribution in [-0.4, -0.2) is 29.2 Å². The first-order valence-corrected chi connectivity index (χ1v) is 8.59. The van der Waals surface area contributed by atoms with Gasteiger partial charge in [-0.3, -0.25) is 0 Å². The number of aromatic nitrogens is 2. The van der Waals surface area contributed by atoms with Crippen LogP contribution in [0.1, 0.15) is 30.6 Å². The van der Waals surface area contributed by atoms with E-state index in [1.807, 2.05) is 26.0 Å². The molecule has 0 fully saturated rings. The molecule has 1 aromatic carbocycles. The Balaban J connectivity index is 0.00000312. The summed E-state index contributed by atoms with van der Waals surface area (Å²) in [7, 11) is 0. The SMILES string of the molecule is CCNC(=NCc1ccc(Cl)cc1Cl)NCCCc1nc(C)no1.I. The van der Waals surface area contributed by atoms with Gasteiger partial charge in [-0.05, 0) is 38.0 Å². The van der Waals surface area contributed by atoms with Crippen LogP contribution in [0.5, 0.6) is 0 Å². The van der Waals surface area contributed by atoms with Crippen molar-refractivity contribution in [3.8, 4) is 0 Å². The maximum Gasteiger partial charge on any atom is 0.226 e. The molecule has 9 heteroatoms. The third-order valence-corrected chi connectivity index (χ3v) is 3.78. The normalized spacial score (nSPS) is 11.1. The van der Waals surface area contributed by atoms with Crippen molar-refractivity contribution in [2.75, 3.05) is 13.1 Å². The molecule has 0 saturated carbocycles. The number of guanidine groups is 1. The standard InChI is InChI=1S/C16H21Cl2N5O.HI/c1-3-19-16(20-8-4-5-15-22-11(2)23-24-15)21-10-12-6-7-13(17)9-14(12)18;/h6-7,9H,3-5,8,10H2,1-2H3,(H2,19,20,21);1H. The van der Waals surface area contributed by atoms with E-state index in [-0.39, 0.29) is 24.0 Å². The van der Waals surface area contributed by atoms with E-state index >= 15 is 0 Å². The molecule has 25 heavy (non-hydrogen) atoms. The van der Waals surface area contributed by atoms with Crippen molar-refractivity contribution in [1.82, 2.24) is 20.8 Å². The van der Waals surface area contributed by atoms with Crippen molar-refractivity contribution in [3.63, 3.8) is 0 Å². The Labute approximate surface area is 174 Å². The lowest BCUT2D eigenvalue weighted by atomic mass is 10.2. The second-order valence-electron chi connectivity index (χ2n) is 5.20. The van der Waals surface area contributed by atoms with E-state index in [2.05, 4.69) is 25.8 Å². The predicted molar refractivity (Wildman–Crippen MR) is 112 cm³/mol. The van der Waals surface area contributed by atoms with Crippen LogP contribution in [0.4, 0.5) is 0 Å². The fourth-order valence-electron chi connectivity index (χ4n) is 2.04. The lowest BCUT2D eigenvalue weighted by Crippen LogP contribution is -2.37. The largest absolute Gasteiger partial charge is 0.357 e. The molecule has 2 aromatic rings. The van der Waals surface area contributed by atoms with Crippen LogP contribution in [-0.2, 0) is 13.0 Å². The van der Waals surface area contributed by atoms with Crippen LogP contribution in [0.3, 0.4) is 0 Å². The van der Waals surface area contributed by atoms with Gasteiger partial charge in [0.15, 0.2) is 11.8 Å². The summed E-state index contributed by atoms with van der Waals surface area (Å²) in [6.07, 6.45) is 1.60. The zero-order chi connectivity index (χ0) is 17.4. The van der Waals surface area contributed by atoms with Gasteiger partial charge in [-0.15, -0.1) is 24.0 Å². The Morgan fingerprint density at radius 2 is 2.08 bits per heavy atom. The maximum absolute atomic E-state index is 6.17. The number of hydrogen-bond acceptors (Lipinski definition) is 4. The molecule has 2 rings (SSSR count). The van der Waals surface area contributed by atoms with E-state index in [9.17, 15) is 0 Å². The van der Waals surface area contributed by atoms with Gasteiger partial charge in [0.1, 0.15) is 0 Å². The number of aryl methyl sites for hydroxylation is 2. The van der Waals surface area contributed by atoms with Gasteiger partial charge in [0.2, 0.25) is 5.89 Å². The lowest BCUT2D eigenvalue weighted by Gasteiger charge is -2.11. The molecular formula is C16H22Cl2IN5O. The molecule has 2 N–H and O–H groups in total. The highest BCUT2D eigenvalue weighted by Crippen LogP contribution is 2.21. The number of benzene rings is 1. The smallest absolute Gasteiger partial charge is 0.226 e. The quantitative estimate of drug-likeness (QED) is 0.262. The van der Waals surface area contributed by atoms with Crippen molar-refractivity contribution in [2.45, 2.75) is 33.2 Å². The Bertz CT molecular complexity index is 693. The number of nitrogens with zero attached hydrogens (tertiary/aromatic N) is 3. The van der Waals surface area contributed by atoms with Crippen LogP contribution < -0.4 is 10.6 Å². The van der Waals surface area contributed by atoms with Crippen LogP contribution in [0.15, 0.2) is 27.7 Å². The molecule has 0 aliphatic heterocycles. The Kier molecular flexibility index (Phi) is 10.1. The first-order valence-electron chi connectivity index (χ1n) is 7.83. The zero-order valence-electron chi connectivity index (χ0n) is 14.2. The molecule has 0 unspecified atom stereocenters. The number of aliphatic imine (C=N–C) groups is 1. The maximum atomic E-state index is 6.17. The van der Waals surface area contributed by atoms with Gasteiger partial charge in [-0.1, -0.05) is 34.4 Å². The molecule has 0 bridgehead atoms. The van der Waals surface area contributed by atoms with Crippen LogP contribution in [0, 0.1) is 6.92 Å². The van der Waals surface area contributed by atoms with E-state index < -0.39 is 0 Å². The monoisotopic (exact) mass is 497 g/mol. The third-order valence-electron chi connectivity index (χ3n) is 3.20. The molecule has 0 aliphatic carbocycles. The minimum Gasteiger partial charge on any atom is -0.357 e. The topological polar surface area (TPSA) is 75.3 Å².